The number of hydrogen-bond acceptors (Lipinski definition) is 5. The molecule has 2 aromatic carbocycles. The van der Waals surface area contributed by atoms with Crippen molar-refractivity contribution < 1.29 is 27.8 Å². The number of nitrogens with one attached hydrogen (secondary N) is 1. The first-order valence-electron chi connectivity index (χ1n) is 12.1. The van der Waals surface area contributed by atoms with Crippen LogP contribution in [0.2, 0.25) is 0 Å². The van der Waals surface area contributed by atoms with Crippen LogP contribution in [0.25, 0.3) is 0 Å². The SMILES string of the molecule is CCn1ccc(C)c(N2CC(c3ccc(OC)cc3)CC2=O)c1=O.CNC(=O)c1ccc(OC(F)F)cc1. The van der Waals surface area contributed by atoms with Gasteiger partial charge in [0.25, 0.3) is 11.5 Å². The zero-order valence-electron chi connectivity index (χ0n) is 21.7. The Hall–Kier alpha value is -4.21. The minimum Gasteiger partial charge on any atom is -0.497 e. The Kier molecular flexibility index (Phi) is 9.59. The summed E-state index contributed by atoms with van der Waals surface area (Å²) in [7, 11) is 3.12. The van der Waals surface area contributed by atoms with Gasteiger partial charge in [0.2, 0.25) is 5.91 Å². The maximum Gasteiger partial charge on any atom is 0.387 e. The predicted molar refractivity (Wildman–Crippen MR) is 140 cm³/mol. The zero-order valence-corrected chi connectivity index (χ0v) is 21.7. The summed E-state index contributed by atoms with van der Waals surface area (Å²) in [6.07, 6.45) is 2.20. The van der Waals surface area contributed by atoms with Crippen LogP contribution in [0.1, 0.15) is 40.7 Å². The summed E-state index contributed by atoms with van der Waals surface area (Å²) in [5.74, 6) is 0.660. The minimum absolute atomic E-state index is 0.00451. The van der Waals surface area contributed by atoms with Crippen LogP contribution in [0.3, 0.4) is 0 Å². The first-order chi connectivity index (χ1) is 18.2. The molecule has 1 aliphatic heterocycles. The summed E-state index contributed by atoms with van der Waals surface area (Å²) < 4.78 is 34.4. The first kappa shape index (κ1) is 28.4. The summed E-state index contributed by atoms with van der Waals surface area (Å²) in [5, 5.41) is 2.41. The summed E-state index contributed by atoms with van der Waals surface area (Å²) in [6, 6.07) is 15.1. The first-order valence-corrected chi connectivity index (χ1v) is 12.1. The fourth-order valence-electron chi connectivity index (χ4n) is 4.19. The second kappa shape index (κ2) is 12.8. The van der Waals surface area contributed by atoms with Crippen LogP contribution < -0.4 is 25.2 Å². The number of amides is 2. The van der Waals surface area contributed by atoms with Crippen LogP contribution in [0.15, 0.2) is 65.6 Å². The van der Waals surface area contributed by atoms with Crippen molar-refractivity contribution in [3.05, 3.63) is 87.8 Å². The molecule has 0 spiro atoms. The second-order valence-electron chi connectivity index (χ2n) is 8.60. The van der Waals surface area contributed by atoms with E-state index in [4.69, 9.17) is 4.74 Å². The molecule has 8 nitrogen and oxygen atoms in total. The van der Waals surface area contributed by atoms with Gasteiger partial charge in [0, 0.05) is 44.2 Å². The number of hydrogen-bond donors (Lipinski definition) is 1. The molecule has 1 saturated heterocycles. The highest BCUT2D eigenvalue weighted by Gasteiger charge is 2.34. The molecule has 1 aliphatic rings. The fraction of sp³-hybridized carbons (Fsp3) is 0.321. The normalized spacial score (nSPS) is 14.7. The average Bonchev–Trinajstić information content (AvgIpc) is 3.30. The van der Waals surface area contributed by atoms with Crippen molar-refractivity contribution in [2.75, 3.05) is 25.6 Å². The molecule has 2 amide bonds. The van der Waals surface area contributed by atoms with Gasteiger partial charge in [-0.25, -0.2) is 0 Å². The Balaban J connectivity index is 0.000000244. The van der Waals surface area contributed by atoms with E-state index in [2.05, 4.69) is 10.1 Å². The van der Waals surface area contributed by atoms with Crippen LogP contribution in [0.4, 0.5) is 14.5 Å². The Morgan fingerprint density at radius 2 is 1.68 bits per heavy atom. The number of carbonyl (C=O) groups excluding carboxylic acids is 2. The summed E-state index contributed by atoms with van der Waals surface area (Å²) in [6.45, 7) is 2.09. The largest absolute Gasteiger partial charge is 0.497 e. The number of aryl methyl sites for hydroxylation is 2. The standard InChI is InChI=1S/C19H22N2O3.C9H9F2NO2/c1-4-20-10-9-13(2)18(19(20)23)21-12-15(11-17(21)22)14-5-7-16(24-3)8-6-14;1-12-8(13)6-2-4-7(5-3-6)14-9(10)11/h5-10,15H,4,11-12H2,1-3H3;2-5,9H,1H3,(H,12,13). The molecule has 1 aromatic heterocycles. The van der Waals surface area contributed by atoms with Crippen LogP contribution in [0.5, 0.6) is 11.5 Å². The molecule has 0 bridgehead atoms. The van der Waals surface area contributed by atoms with E-state index in [1.807, 2.05) is 44.2 Å². The Morgan fingerprint density at radius 1 is 1.05 bits per heavy atom. The quantitative estimate of drug-likeness (QED) is 0.494. The van der Waals surface area contributed by atoms with Gasteiger partial charge in [0.1, 0.15) is 17.2 Å². The summed E-state index contributed by atoms with van der Waals surface area (Å²) >= 11 is 0. The second-order valence-corrected chi connectivity index (χ2v) is 8.60. The number of aromatic nitrogens is 1. The molecule has 202 valence electrons. The molecule has 3 aromatic rings. The molecule has 1 N–H and O–H groups in total. The van der Waals surface area contributed by atoms with Crippen LogP contribution in [0, 0.1) is 6.92 Å². The molecule has 1 unspecified atom stereocenters. The third-order valence-corrected chi connectivity index (χ3v) is 6.23. The van der Waals surface area contributed by atoms with Crippen molar-refractivity contribution in [2.24, 2.45) is 0 Å². The number of benzene rings is 2. The molecule has 38 heavy (non-hydrogen) atoms. The van der Waals surface area contributed by atoms with Gasteiger partial charge < -0.3 is 24.3 Å². The van der Waals surface area contributed by atoms with Gasteiger partial charge in [-0.3, -0.25) is 14.4 Å². The summed E-state index contributed by atoms with van der Waals surface area (Å²) in [5.41, 5.74) is 2.75. The number of nitrogens with zero attached hydrogens (tertiary/aromatic N) is 2. The highest BCUT2D eigenvalue weighted by molar-refractivity contribution is 5.97. The van der Waals surface area contributed by atoms with Crippen molar-refractivity contribution in [3.63, 3.8) is 0 Å². The maximum absolute atomic E-state index is 12.6. The van der Waals surface area contributed by atoms with E-state index in [9.17, 15) is 23.2 Å². The van der Waals surface area contributed by atoms with E-state index in [0.29, 0.717) is 30.8 Å². The Labute approximate surface area is 219 Å². The third kappa shape index (κ3) is 6.76. The molecule has 1 fully saturated rings. The van der Waals surface area contributed by atoms with Gasteiger partial charge >= 0.3 is 6.61 Å². The third-order valence-electron chi connectivity index (χ3n) is 6.23. The molecular weight excluding hydrogens is 496 g/mol. The van der Waals surface area contributed by atoms with Gasteiger partial charge in [-0.2, -0.15) is 8.78 Å². The number of rotatable bonds is 7. The monoisotopic (exact) mass is 527 g/mol. The fourth-order valence-corrected chi connectivity index (χ4v) is 4.19. The highest BCUT2D eigenvalue weighted by atomic mass is 19.3. The van der Waals surface area contributed by atoms with Crippen molar-refractivity contribution in [1.29, 1.82) is 0 Å². The topological polar surface area (TPSA) is 89.9 Å². The lowest BCUT2D eigenvalue weighted by Crippen LogP contribution is -2.34. The molecular formula is C28H31F2N3O5. The Morgan fingerprint density at radius 3 is 2.24 bits per heavy atom. The minimum atomic E-state index is -2.85. The number of anilines is 1. The van der Waals surface area contributed by atoms with Crippen LogP contribution in [-0.4, -0.2) is 43.7 Å². The number of ether oxygens (including phenoxy) is 2. The molecule has 4 rings (SSSR count). The van der Waals surface area contributed by atoms with E-state index in [-0.39, 0.29) is 29.0 Å². The lowest BCUT2D eigenvalue weighted by atomic mass is 9.98. The molecule has 10 heteroatoms. The van der Waals surface area contributed by atoms with Crippen molar-refractivity contribution >= 4 is 17.5 Å². The molecule has 1 atom stereocenters. The van der Waals surface area contributed by atoms with E-state index in [1.165, 1.54) is 31.3 Å². The predicted octanol–water partition coefficient (Wildman–Crippen LogP) is 4.35. The van der Waals surface area contributed by atoms with E-state index in [1.54, 1.807) is 22.8 Å². The van der Waals surface area contributed by atoms with Crippen molar-refractivity contribution in [2.45, 2.75) is 39.3 Å². The van der Waals surface area contributed by atoms with Gasteiger partial charge in [0.05, 0.1) is 7.11 Å². The van der Waals surface area contributed by atoms with E-state index < -0.39 is 6.61 Å². The number of alkyl halides is 2. The number of pyridine rings is 1. The van der Waals surface area contributed by atoms with Crippen molar-refractivity contribution in [3.8, 4) is 11.5 Å². The molecule has 0 saturated carbocycles. The van der Waals surface area contributed by atoms with E-state index >= 15 is 0 Å². The van der Waals surface area contributed by atoms with Gasteiger partial charge in [-0.1, -0.05) is 12.1 Å². The number of methoxy groups -OCH3 is 1. The number of carbonyl (C=O) groups is 2. The van der Waals surface area contributed by atoms with Gasteiger partial charge in [-0.05, 0) is 67.4 Å². The summed E-state index contributed by atoms with van der Waals surface area (Å²) in [4.78, 5) is 37.9. The lowest BCUT2D eigenvalue weighted by molar-refractivity contribution is -0.117. The van der Waals surface area contributed by atoms with Crippen molar-refractivity contribution in [1.82, 2.24) is 9.88 Å². The van der Waals surface area contributed by atoms with E-state index in [0.717, 1.165) is 16.9 Å². The highest BCUT2D eigenvalue weighted by Crippen LogP contribution is 2.32. The molecule has 2 heterocycles. The van der Waals surface area contributed by atoms with Crippen LogP contribution >= 0.6 is 0 Å². The average molecular weight is 528 g/mol. The zero-order chi connectivity index (χ0) is 27.8. The van der Waals surface area contributed by atoms with Gasteiger partial charge in [0.15, 0.2) is 0 Å². The number of halogens is 2. The Bertz CT molecular complexity index is 1310. The smallest absolute Gasteiger partial charge is 0.387 e. The molecule has 0 radical (unpaired) electrons. The van der Waals surface area contributed by atoms with Gasteiger partial charge in [-0.15, -0.1) is 0 Å². The maximum atomic E-state index is 12.6. The van der Waals surface area contributed by atoms with Crippen LogP contribution in [-0.2, 0) is 11.3 Å². The molecule has 0 aliphatic carbocycles. The lowest BCUT2D eigenvalue weighted by Gasteiger charge is -2.19.